The van der Waals surface area contributed by atoms with Crippen LogP contribution in [0.15, 0.2) is 36.5 Å². The Bertz CT molecular complexity index is 690. The minimum absolute atomic E-state index is 0.132. The van der Waals surface area contributed by atoms with Crippen molar-refractivity contribution in [2.45, 2.75) is 0 Å². The lowest BCUT2D eigenvalue weighted by Crippen LogP contribution is -2.16. The number of carbonyl (C=O) groups excluding carboxylic acids is 1. The lowest BCUT2D eigenvalue weighted by molar-refractivity contribution is -0.385. The average Bonchev–Trinajstić information content (AvgIpc) is 2.48. The molecule has 2 rings (SSSR count). The fourth-order valence-electron chi connectivity index (χ4n) is 1.60. The Hall–Kier alpha value is -2.71. The van der Waals surface area contributed by atoms with Gasteiger partial charge in [0.15, 0.2) is 0 Å². The summed E-state index contributed by atoms with van der Waals surface area (Å²) in [5.74, 6) is 4.79. The molecule has 8 nitrogen and oxygen atoms in total. The lowest BCUT2D eigenvalue weighted by atomic mass is 10.1. The summed E-state index contributed by atoms with van der Waals surface area (Å²) in [5.41, 5.74) is 2.23. The zero-order valence-electron chi connectivity index (χ0n) is 10.5. The molecule has 1 aromatic heterocycles. The molecule has 0 radical (unpaired) electrons. The van der Waals surface area contributed by atoms with Gasteiger partial charge in [0.1, 0.15) is 11.4 Å². The van der Waals surface area contributed by atoms with Gasteiger partial charge in [0.25, 0.3) is 11.6 Å². The van der Waals surface area contributed by atoms with Gasteiger partial charge >= 0.3 is 0 Å². The molecule has 0 saturated heterocycles. The zero-order valence-corrected chi connectivity index (χ0v) is 11.3. The van der Waals surface area contributed by atoms with Crippen molar-refractivity contribution in [3.63, 3.8) is 0 Å². The summed E-state index contributed by atoms with van der Waals surface area (Å²) in [6, 6.07) is 6.89. The largest absolute Gasteiger partial charge is 0.324 e. The molecule has 21 heavy (non-hydrogen) atoms. The molecule has 0 unspecified atom stereocenters. The monoisotopic (exact) mass is 307 g/mol. The highest BCUT2D eigenvalue weighted by Gasteiger charge is 2.21. The maximum atomic E-state index is 12.1. The molecule has 1 amide bonds. The number of halogens is 1. The van der Waals surface area contributed by atoms with Crippen molar-refractivity contribution >= 4 is 34.7 Å². The van der Waals surface area contributed by atoms with E-state index in [2.05, 4.69) is 15.7 Å². The van der Waals surface area contributed by atoms with Gasteiger partial charge in [0.05, 0.1) is 9.95 Å². The van der Waals surface area contributed by atoms with Crippen LogP contribution >= 0.6 is 11.6 Å². The minimum Gasteiger partial charge on any atom is -0.324 e. The summed E-state index contributed by atoms with van der Waals surface area (Å²) in [4.78, 5) is 26.3. The summed E-state index contributed by atoms with van der Waals surface area (Å²) < 4.78 is 0. The maximum Gasteiger partial charge on any atom is 0.282 e. The van der Waals surface area contributed by atoms with Gasteiger partial charge in [0.2, 0.25) is 0 Å². The van der Waals surface area contributed by atoms with Crippen molar-refractivity contribution in [1.82, 2.24) is 4.98 Å². The first-order chi connectivity index (χ1) is 10.0. The molecule has 0 spiro atoms. The molecule has 1 heterocycles. The third-order valence-electron chi connectivity index (χ3n) is 2.57. The van der Waals surface area contributed by atoms with Crippen LogP contribution in [0.4, 0.5) is 17.2 Å². The number of nitro benzene ring substituents is 1. The van der Waals surface area contributed by atoms with Crippen molar-refractivity contribution in [2.24, 2.45) is 5.84 Å². The molecule has 0 aliphatic rings. The van der Waals surface area contributed by atoms with E-state index in [-0.39, 0.29) is 17.1 Å². The number of rotatable bonds is 4. The fraction of sp³-hybridized carbons (Fsp3) is 0. The molecule has 0 atom stereocenters. The van der Waals surface area contributed by atoms with Gasteiger partial charge in [-0.25, -0.2) is 4.98 Å². The lowest BCUT2D eigenvalue weighted by Gasteiger charge is -2.07. The number of hydrogen-bond acceptors (Lipinski definition) is 6. The number of amides is 1. The molecule has 108 valence electrons. The number of hydrogen-bond donors (Lipinski definition) is 3. The molecule has 2 aromatic rings. The summed E-state index contributed by atoms with van der Waals surface area (Å²) in [6.45, 7) is 0. The van der Waals surface area contributed by atoms with Gasteiger partial charge in [-0.2, -0.15) is 0 Å². The first kappa shape index (κ1) is 14.7. The molecule has 0 aliphatic carbocycles. The number of anilines is 2. The van der Waals surface area contributed by atoms with Crippen molar-refractivity contribution in [3.05, 3.63) is 57.2 Å². The third kappa shape index (κ3) is 3.44. The second-order valence-corrected chi connectivity index (χ2v) is 4.39. The standard InChI is InChI=1S/C12H10ClN5O3/c13-7-1-4-11(15-6-7)16-12(19)9-5-8(17-14)2-3-10(9)18(20)21/h1-6,17H,14H2,(H,15,16,19). The van der Waals surface area contributed by atoms with Crippen LogP contribution in [0.3, 0.4) is 0 Å². The number of nitrogen functional groups attached to an aromatic ring is 1. The Morgan fingerprint density at radius 2 is 2.10 bits per heavy atom. The first-order valence-corrected chi connectivity index (χ1v) is 6.07. The van der Waals surface area contributed by atoms with E-state index in [1.54, 1.807) is 0 Å². The summed E-state index contributed by atoms with van der Waals surface area (Å²) in [7, 11) is 0. The summed E-state index contributed by atoms with van der Waals surface area (Å²) >= 11 is 5.68. The first-order valence-electron chi connectivity index (χ1n) is 5.69. The van der Waals surface area contributed by atoms with Gasteiger partial charge < -0.3 is 10.7 Å². The van der Waals surface area contributed by atoms with Crippen molar-refractivity contribution in [2.75, 3.05) is 10.7 Å². The molecule has 4 N–H and O–H groups in total. The normalized spacial score (nSPS) is 10.0. The molecule has 0 aliphatic heterocycles. The van der Waals surface area contributed by atoms with Gasteiger partial charge in [-0.05, 0) is 24.3 Å². The second-order valence-electron chi connectivity index (χ2n) is 3.95. The number of nitro groups is 1. The van der Waals surface area contributed by atoms with Crippen molar-refractivity contribution in [3.8, 4) is 0 Å². The van der Waals surface area contributed by atoms with E-state index < -0.39 is 10.8 Å². The maximum absolute atomic E-state index is 12.1. The summed E-state index contributed by atoms with van der Waals surface area (Å²) in [5, 5.41) is 13.8. The average molecular weight is 308 g/mol. The molecular formula is C12H10ClN5O3. The Morgan fingerprint density at radius 3 is 2.67 bits per heavy atom. The molecular weight excluding hydrogens is 298 g/mol. The molecule has 9 heteroatoms. The van der Waals surface area contributed by atoms with E-state index in [1.165, 1.54) is 36.5 Å². The van der Waals surface area contributed by atoms with E-state index >= 15 is 0 Å². The minimum atomic E-state index is -0.673. The highest BCUT2D eigenvalue weighted by atomic mass is 35.5. The van der Waals surface area contributed by atoms with E-state index in [0.717, 1.165) is 0 Å². The SMILES string of the molecule is NNc1ccc([N+](=O)[O-])c(C(=O)Nc2ccc(Cl)cn2)c1. The Kier molecular flexibility index (Phi) is 4.31. The van der Waals surface area contributed by atoms with Crippen LogP contribution in [0.1, 0.15) is 10.4 Å². The number of nitrogens with two attached hydrogens (primary N) is 1. The quantitative estimate of drug-likeness (QED) is 0.452. The van der Waals surface area contributed by atoms with Crippen LogP contribution in [-0.4, -0.2) is 15.8 Å². The van der Waals surface area contributed by atoms with Gasteiger partial charge in [0, 0.05) is 18.0 Å². The number of nitrogens with one attached hydrogen (secondary N) is 2. The van der Waals surface area contributed by atoms with Gasteiger partial charge in [-0.3, -0.25) is 20.8 Å². The molecule has 0 bridgehead atoms. The number of hydrazine groups is 1. The highest BCUT2D eigenvalue weighted by Crippen LogP contribution is 2.23. The van der Waals surface area contributed by atoms with E-state index in [0.29, 0.717) is 10.7 Å². The second kappa shape index (κ2) is 6.16. The Morgan fingerprint density at radius 1 is 1.33 bits per heavy atom. The highest BCUT2D eigenvalue weighted by molar-refractivity contribution is 6.30. The Labute approximate surface area is 124 Å². The van der Waals surface area contributed by atoms with Crippen LogP contribution in [0.2, 0.25) is 5.02 Å². The van der Waals surface area contributed by atoms with Gasteiger partial charge in [-0.1, -0.05) is 11.6 Å². The van der Waals surface area contributed by atoms with E-state index in [1.807, 2.05) is 0 Å². The number of pyridine rings is 1. The molecule has 0 saturated carbocycles. The summed E-state index contributed by atoms with van der Waals surface area (Å²) in [6.07, 6.45) is 1.35. The zero-order chi connectivity index (χ0) is 15.4. The number of aromatic nitrogens is 1. The number of benzene rings is 1. The molecule has 1 aromatic carbocycles. The number of carbonyl (C=O) groups is 1. The predicted octanol–water partition coefficient (Wildman–Crippen LogP) is 2.18. The van der Waals surface area contributed by atoms with Gasteiger partial charge in [-0.15, -0.1) is 0 Å². The Balaban J connectivity index is 2.33. The number of nitrogens with zero attached hydrogens (tertiary/aromatic N) is 2. The van der Waals surface area contributed by atoms with Crippen LogP contribution in [-0.2, 0) is 0 Å². The van der Waals surface area contributed by atoms with Crippen LogP contribution in [0, 0.1) is 10.1 Å². The predicted molar refractivity (Wildman–Crippen MR) is 78.1 cm³/mol. The van der Waals surface area contributed by atoms with Crippen molar-refractivity contribution < 1.29 is 9.72 Å². The third-order valence-corrected chi connectivity index (χ3v) is 2.80. The molecule has 0 fully saturated rings. The van der Waals surface area contributed by atoms with Crippen molar-refractivity contribution in [1.29, 1.82) is 0 Å². The van der Waals surface area contributed by atoms with Crippen LogP contribution < -0.4 is 16.6 Å². The fourth-order valence-corrected chi connectivity index (χ4v) is 1.71. The topological polar surface area (TPSA) is 123 Å². The van der Waals surface area contributed by atoms with Crippen LogP contribution in [0.25, 0.3) is 0 Å². The van der Waals surface area contributed by atoms with Crippen LogP contribution in [0.5, 0.6) is 0 Å². The van der Waals surface area contributed by atoms with E-state index in [9.17, 15) is 14.9 Å². The van der Waals surface area contributed by atoms with E-state index in [4.69, 9.17) is 17.4 Å². The smallest absolute Gasteiger partial charge is 0.282 e.